The number of esters is 2. The number of unbranched alkanes of at least 4 members (excludes halogenated alkanes) is 24. The first-order chi connectivity index (χ1) is 31.5. The number of allylic oxidation sites excluding steroid dienone is 10. The van der Waals surface area contributed by atoms with E-state index in [0.717, 1.165) is 77.0 Å². The quantitative estimate of drug-likeness (QED) is 0.0211. The third-order valence-electron chi connectivity index (χ3n) is 11.3. The number of carbonyl (C=O) groups is 2. The van der Waals surface area contributed by atoms with Gasteiger partial charge in [-0.1, -0.05) is 216 Å². The van der Waals surface area contributed by atoms with E-state index in [0.29, 0.717) is 17.4 Å². The van der Waals surface area contributed by atoms with Gasteiger partial charge in [0.05, 0.1) is 27.7 Å². The molecule has 10 heteroatoms. The van der Waals surface area contributed by atoms with Gasteiger partial charge in [-0.25, -0.2) is 4.57 Å². The molecule has 0 aromatic carbocycles. The maximum Gasteiger partial charge on any atom is 0.472 e. The Morgan fingerprint density at radius 2 is 0.877 bits per heavy atom. The molecular formula is C55H101NO8P+. The smallest absolute Gasteiger partial charge is 0.462 e. The van der Waals surface area contributed by atoms with E-state index in [1.807, 2.05) is 21.1 Å². The second-order valence-corrected chi connectivity index (χ2v) is 20.3. The Bertz CT molecular complexity index is 1290. The Morgan fingerprint density at radius 3 is 1.31 bits per heavy atom. The first kappa shape index (κ1) is 62.7. The summed E-state index contributed by atoms with van der Waals surface area (Å²) in [7, 11) is 1.47. The second kappa shape index (κ2) is 46.8. The van der Waals surface area contributed by atoms with Gasteiger partial charge in [0.25, 0.3) is 0 Å². The van der Waals surface area contributed by atoms with E-state index in [1.165, 1.54) is 116 Å². The van der Waals surface area contributed by atoms with Crippen LogP contribution in [0, 0.1) is 0 Å². The van der Waals surface area contributed by atoms with Crippen LogP contribution in [0.5, 0.6) is 0 Å². The summed E-state index contributed by atoms with van der Waals surface area (Å²) in [6.07, 6.45) is 58.4. The van der Waals surface area contributed by atoms with E-state index in [2.05, 4.69) is 74.6 Å². The number of phosphoric ester groups is 1. The van der Waals surface area contributed by atoms with Gasteiger partial charge in [-0.05, 0) is 57.8 Å². The van der Waals surface area contributed by atoms with Crippen LogP contribution < -0.4 is 0 Å². The molecule has 1 N–H and O–H groups in total. The molecular weight excluding hydrogens is 834 g/mol. The highest BCUT2D eigenvalue weighted by Gasteiger charge is 2.27. The Balaban J connectivity index is 4.26. The minimum absolute atomic E-state index is 0.0282. The van der Waals surface area contributed by atoms with Crippen LogP contribution in [0.2, 0.25) is 0 Å². The van der Waals surface area contributed by atoms with Crippen molar-refractivity contribution in [2.75, 3.05) is 47.5 Å². The number of ether oxygens (including phenoxy) is 2. The SMILES string of the molecule is CC/C=C\C/C=C\C/C=C\C/C=C\C/C=C\CCCCCCCCCC(=O)OC(COC(=O)CCCCCCCCCCCCCCCCCCCC)COP(=O)(O)OCC[N+](C)(C)C. The molecule has 0 bridgehead atoms. The lowest BCUT2D eigenvalue weighted by molar-refractivity contribution is -0.870. The van der Waals surface area contributed by atoms with Crippen LogP contribution in [0.25, 0.3) is 0 Å². The number of hydrogen-bond acceptors (Lipinski definition) is 7. The molecule has 0 aliphatic carbocycles. The number of hydrogen-bond donors (Lipinski definition) is 1. The topological polar surface area (TPSA) is 108 Å². The molecule has 0 heterocycles. The Morgan fingerprint density at radius 1 is 0.492 bits per heavy atom. The molecule has 0 rings (SSSR count). The number of rotatable bonds is 48. The second-order valence-electron chi connectivity index (χ2n) is 18.9. The molecule has 0 aliphatic rings. The summed E-state index contributed by atoms with van der Waals surface area (Å²) in [5.41, 5.74) is 0. The van der Waals surface area contributed by atoms with Crippen molar-refractivity contribution in [3.8, 4) is 0 Å². The summed E-state index contributed by atoms with van der Waals surface area (Å²) < 4.78 is 34.5. The van der Waals surface area contributed by atoms with Crippen LogP contribution in [0.15, 0.2) is 60.8 Å². The zero-order valence-electron chi connectivity index (χ0n) is 42.7. The van der Waals surface area contributed by atoms with E-state index in [-0.39, 0.29) is 32.0 Å². The number of phosphoric acid groups is 1. The fraction of sp³-hybridized carbons (Fsp3) is 0.782. The molecule has 0 fully saturated rings. The average Bonchev–Trinajstić information content (AvgIpc) is 3.26. The van der Waals surface area contributed by atoms with Crippen LogP contribution in [0.4, 0.5) is 0 Å². The lowest BCUT2D eigenvalue weighted by Gasteiger charge is -2.24. The molecule has 0 aromatic heterocycles. The fourth-order valence-electron chi connectivity index (χ4n) is 7.22. The summed E-state index contributed by atoms with van der Waals surface area (Å²) in [4.78, 5) is 35.6. The normalized spacial score (nSPS) is 13.9. The highest BCUT2D eigenvalue weighted by atomic mass is 31.2. The van der Waals surface area contributed by atoms with Gasteiger partial charge >= 0.3 is 19.8 Å². The molecule has 0 saturated heterocycles. The average molecular weight is 935 g/mol. The number of carbonyl (C=O) groups excluding carboxylic acids is 2. The minimum Gasteiger partial charge on any atom is -0.462 e. The van der Waals surface area contributed by atoms with Crippen molar-refractivity contribution in [2.24, 2.45) is 0 Å². The van der Waals surface area contributed by atoms with Crippen molar-refractivity contribution in [1.82, 2.24) is 0 Å². The maximum atomic E-state index is 12.8. The largest absolute Gasteiger partial charge is 0.472 e. The molecule has 0 amide bonds. The Labute approximate surface area is 400 Å². The van der Waals surface area contributed by atoms with Crippen LogP contribution in [-0.4, -0.2) is 74.9 Å². The van der Waals surface area contributed by atoms with Crippen molar-refractivity contribution < 1.29 is 42.1 Å². The summed E-state index contributed by atoms with van der Waals surface area (Å²) >= 11 is 0. The van der Waals surface area contributed by atoms with Crippen molar-refractivity contribution >= 4 is 19.8 Å². The molecule has 0 aliphatic heterocycles. The van der Waals surface area contributed by atoms with Crippen molar-refractivity contribution in [3.05, 3.63) is 60.8 Å². The molecule has 0 radical (unpaired) electrons. The van der Waals surface area contributed by atoms with E-state index in [1.54, 1.807) is 0 Å². The van der Waals surface area contributed by atoms with Crippen molar-refractivity contribution in [2.45, 2.75) is 232 Å². The van der Waals surface area contributed by atoms with Gasteiger partial charge in [-0.15, -0.1) is 0 Å². The first-order valence-electron chi connectivity index (χ1n) is 26.5. The molecule has 2 unspecified atom stereocenters. The van der Waals surface area contributed by atoms with Gasteiger partial charge in [0, 0.05) is 12.8 Å². The number of likely N-dealkylation sites (N-methyl/N-ethyl adjacent to an activating group) is 1. The molecule has 9 nitrogen and oxygen atoms in total. The third kappa shape index (κ3) is 51.0. The van der Waals surface area contributed by atoms with Crippen LogP contribution in [0.1, 0.15) is 226 Å². The Hall–Kier alpha value is -2.29. The molecule has 2 atom stereocenters. The van der Waals surface area contributed by atoms with Gasteiger partial charge in [-0.3, -0.25) is 18.6 Å². The maximum absolute atomic E-state index is 12.8. The third-order valence-corrected chi connectivity index (χ3v) is 12.3. The zero-order chi connectivity index (χ0) is 47.8. The first-order valence-corrected chi connectivity index (χ1v) is 28.0. The van der Waals surface area contributed by atoms with Crippen LogP contribution in [0.3, 0.4) is 0 Å². The summed E-state index contributed by atoms with van der Waals surface area (Å²) in [5, 5.41) is 0. The van der Waals surface area contributed by atoms with Crippen molar-refractivity contribution in [3.63, 3.8) is 0 Å². The predicted octanol–water partition coefficient (Wildman–Crippen LogP) is 16.0. The van der Waals surface area contributed by atoms with E-state index < -0.39 is 26.5 Å². The lowest BCUT2D eigenvalue weighted by atomic mass is 10.0. The highest BCUT2D eigenvalue weighted by Crippen LogP contribution is 2.43. The van der Waals surface area contributed by atoms with Crippen LogP contribution in [-0.2, 0) is 32.7 Å². The van der Waals surface area contributed by atoms with Gasteiger partial charge in [0.15, 0.2) is 6.10 Å². The molecule has 0 spiro atoms. The van der Waals surface area contributed by atoms with E-state index >= 15 is 0 Å². The lowest BCUT2D eigenvalue weighted by Crippen LogP contribution is -2.37. The van der Waals surface area contributed by atoms with Crippen LogP contribution >= 0.6 is 7.82 Å². The zero-order valence-corrected chi connectivity index (χ0v) is 43.6. The summed E-state index contributed by atoms with van der Waals surface area (Å²) in [6.45, 7) is 4.32. The molecule has 0 aromatic rings. The van der Waals surface area contributed by atoms with Gasteiger partial charge < -0.3 is 18.9 Å². The highest BCUT2D eigenvalue weighted by molar-refractivity contribution is 7.47. The molecule has 0 saturated carbocycles. The van der Waals surface area contributed by atoms with Gasteiger partial charge in [0.2, 0.25) is 0 Å². The van der Waals surface area contributed by atoms with Gasteiger partial charge in [-0.2, -0.15) is 0 Å². The monoisotopic (exact) mass is 935 g/mol. The molecule has 378 valence electrons. The standard InChI is InChI=1S/C55H100NO8P/c1-6-8-10-12-14-16-18-20-22-24-26-27-28-29-30-32-34-36-38-40-42-44-46-48-55(58)64-53(52-63-65(59,60)62-50-49-56(3,4)5)51-61-54(57)47-45-43-41-39-37-35-33-31-25-23-21-19-17-15-13-11-9-7-2/h8,10,14,16,20,22,26-27,29-30,53H,6-7,9,11-13,15,17-19,21,23-25,28,31-52H2,1-5H3/p+1/b10-8-,16-14-,22-20-,27-26-,30-29-. The summed E-state index contributed by atoms with van der Waals surface area (Å²) in [5.74, 6) is -0.805. The number of quaternary nitrogens is 1. The number of nitrogens with zero attached hydrogens (tertiary/aromatic N) is 1. The van der Waals surface area contributed by atoms with E-state index in [4.69, 9.17) is 18.5 Å². The summed E-state index contributed by atoms with van der Waals surface area (Å²) in [6, 6.07) is 0. The molecule has 65 heavy (non-hydrogen) atoms. The Kier molecular flexibility index (Phi) is 45.2. The fourth-order valence-corrected chi connectivity index (χ4v) is 7.96. The van der Waals surface area contributed by atoms with Crippen molar-refractivity contribution in [1.29, 1.82) is 0 Å². The predicted molar refractivity (Wildman–Crippen MR) is 275 cm³/mol. The van der Waals surface area contributed by atoms with E-state index in [9.17, 15) is 19.0 Å². The van der Waals surface area contributed by atoms with Gasteiger partial charge in [0.1, 0.15) is 19.8 Å². The minimum atomic E-state index is -4.39.